The zero-order valence-corrected chi connectivity index (χ0v) is 10.7. The molecule has 2 unspecified atom stereocenters. The summed E-state index contributed by atoms with van der Waals surface area (Å²) < 4.78 is 0. The molecule has 0 aromatic rings. The topological polar surface area (TPSA) is 124 Å². The van der Waals surface area contributed by atoms with Crippen LogP contribution in [0.5, 0.6) is 0 Å². The number of carbonyl (C=O) groups is 1. The van der Waals surface area contributed by atoms with Gasteiger partial charge in [-0.1, -0.05) is 0 Å². The normalized spacial score (nSPS) is 34.8. The van der Waals surface area contributed by atoms with E-state index in [0.717, 1.165) is 11.8 Å². The summed E-state index contributed by atoms with van der Waals surface area (Å²) in [7, 11) is 0. The van der Waals surface area contributed by atoms with Crippen molar-refractivity contribution in [2.24, 2.45) is 5.73 Å². The van der Waals surface area contributed by atoms with Gasteiger partial charge < -0.3 is 26.2 Å². The number of hydrogen-bond acceptors (Lipinski definition) is 7. The van der Waals surface area contributed by atoms with Gasteiger partial charge in [-0.2, -0.15) is 11.8 Å². The summed E-state index contributed by atoms with van der Waals surface area (Å²) >= 11 is 2.59. The van der Waals surface area contributed by atoms with Gasteiger partial charge in [-0.15, -0.1) is 11.8 Å². The summed E-state index contributed by atoms with van der Waals surface area (Å²) in [5.74, 6) is 0.0992. The minimum atomic E-state index is -1.10. The van der Waals surface area contributed by atoms with Crippen molar-refractivity contribution in [2.75, 3.05) is 11.5 Å². The van der Waals surface area contributed by atoms with Gasteiger partial charge >= 0.3 is 5.97 Å². The van der Waals surface area contributed by atoms with E-state index in [4.69, 9.17) is 10.8 Å². The van der Waals surface area contributed by atoms with Gasteiger partial charge in [-0.3, -0.25) is 4.79 Å². The Morgan fingerprint density at radius 1 is 1.35 bits per heavy atom. The lowest BCUT2D eigenvalue weighted by molar-refractivity contribution is -0.138. The van der Waals surface area contributed by atoms with Gasteiger partial charge in [0.2, 0.25) is 0 Å². The zero-order chi connectivity index (χ0) is 13.0. The lowest BCUT2D eigenvalue weighted by Crippen LogP contribution is -2.33. The van der Waals surface area contributed by atoms with Crippen LogP contribution in [0.2, 0.25) is 0 Å². The maximum Gasteiger partial charge on any atom is 0.320 e. The number of carboxylic acids is 1. The summed E-state index contributed by atoms with van der Waals surface area (Å²) in [4.78, 5) is 10.4. The molecule has 0 bridgehead atoms. The van der Waals surface area contributed by atoms with Crippen LogP contribution >= 0.6 is 23.5 Å². The van der Waals surface area contributed by atoms with Gasteiger partial charge in [-0.05, 0) is 12.2 Å². The Morgan fingerprint density at radius 2 is 2.00 bits per heavy atom. The molecule has 0 aromatic heterocycles. The van der Waals surface area contributed by atoms with Crippen molar-refractivity contribution in [3.05, 3.63) is 0 Å². The molecule has 100 valence electrons. The lowest BCUT2D eigenvalue weighted by Gasteiger charge is -2.14. The van der Waals surface area contributed by atoms with E-state index in [1.165, 1.54) is 11.8 Å². The third kappa shape index (κ3) is 4.31. The maximum absolute atomic E-state index is 10.4. The maximum atomic E-state index is 10.4. The minimum Gasteiger partial charge on any atom is -0.480 e. The Labute approximate surface area is 108 Å². The molecule has 0 saturated carbocycles. The van der Waals surface area contributed by atoms with Crippen LogP contribution in [0.3, 0.4) is 0 Å². The van der Waals surface area contributed by atoms with Crippen molar-refractivity contribution in [3.63, 3.8) is 0 Å². The van der Waals surface area contributed by atoms with E-state index >= 15 is 0 Å². The van der Waals surface area contributed by atoms with Crippen LogP contribution in [0, 0.1) is 0 Å². The van der Waals surface area contributed by atoms with E-state index in [2.05, 4.69) is 0 Å². The van der Waals surface area contributed by atoms with Gasteiger partial charge in [0, 0.05) is 11.0 Å². The number of aliphatic carboxylic acids is 1. The molecule has 5 atom stereocenters. The van der Waals surface area contributed by atoms with Gasteiger partial charge in [0.05, 0.1) is 6.10 Å². The molecule has 17 heavy (non-hydrogen) atoms. The molecule has 1 aliphatic rings. The molecule has 6 nitrogen and oxygen atoms in total. The molecule has 0 aliphatic carbocycles. The molecule has 1 rings (SSSR count). The summed E-state index contributed by atoms with van der Waals surface area (Å²) in [5, 5.41) is 36.5. The van der Waals surface area contributed by atoms with Crippen LogP contribution in [-0.4, -0.2) is 66.8 Å². The highest BCUT2D eigenvalue weighted by atomic mass is 32.2. The van der Waals surface area contributed by atoms with Gasteiger partial charge in [0.1, 0.15) is 17.6 Å². The van der Waals surface area contributed by atoms with Gasteiger partial charge in [0.15, 0.2) is 0 Å². The SMILES string of the molecule is NC(CCSC[C@H]1SC(O)[C@H](O)[C@@H]1O)C(=O)O. The highest BCUT2D eigenvalue weighted by Crippen LogP contribution is 2.34. The van der Waals surface area contributed by atoms with Crippen molar-refractivity contribution < 1.29 is 25.2 Å². The largest absolute Gasteiger partial charge is 0.480 e. The van der Waals surface area contributed by atoms with Gasteiger partial charge in [0.25, 0.3) is 0 Å². The van der Waals surface area contributed by atoms with E-state index in [1.807, 2.05) is 0 Å². The number of rotatable bonds is 6. The first-order valence-corrected chi connectivity index (χ1v) is 7.29. The number of nitrogens with two attached hydrogens (primary N) is 1. The van der Waals surface area contributed by atoms with E-state index in [1.54, 1.807) is 0 Å². The summed E-state index contributed by atoms with van der Waals surface area (Å²) in [6.45, 7) is 0. The van der Waals surface area contributed by atoms with Gasteiger partial charge in [-0.25, -0.2) is 0 Å². The molecule has 0 radical (unpaired) electrons. The third-order valence-electron chi connectivity index (χ3n) is 2.51. The number of carboxylic acid groups (broad SMARTS) is 1. The monoisotopic (exact) mass is 283 g/mol. The average molecular weight is 283 g/mol. The molecule has 1 fully saturated rings. The second-order valence-corrected chi connectivity index (χ2v) is 6.37. The zero-order valence-electron chi connectivity index (χ0n) is 9.10. The number of thioether (sulfide) groups is 2. The fourth-order valence-electron chi connectivity index (χ4n) is 1.40. The van der Waals surface area contributed by atoms with Crippen LogP contribution in [0.25, 0.3) is 0 Å². The highest BCUT2D eigenvalue weighted by molar-refractivity contribution is 8.03. The molecule has 6 N–H and O–H groups in total. The summed E-state index contributed by atoms with van der Waals surface area (Å²) in [6.07, 6.45) is -1.68. The quantitative estimate of drug-likeness (QED) is 0.380. The minimum absolute atomic E-state index is 0.231. The van der Waals surface area contributed by atoms with Crippen LogP contribution < -0.4 is 5.73 Å². The van der Waals surface area contributed by atoms with E-state index in [0.29, 0.717) is 17.9 Å². The standard InChI is InChI=1S/C9H17NO5S2/c10-4(8(13)14)1-2-16-3-5-6(11)7(12)9(15)17-5/h4-7,9,11-12,15H,1-3,10H2,(H,13,14)/t4?,5-,6-,7-,9?/m1/s1. The Kier molecular flexibility index (Phi) is 6.04. The number of aliphatic hydroxyl groups excluding tert-OH is 3. The molecule has 0 spiro atoms. The molecular weight excluding hydrogens is 266 g/mol. The van der Waals surface area contributed by atoms with E-state index < -0.39 is 29.7 Å². The smallest absolute Gasteiger partial charge is 0.320 e. The Hall–Kier alpha value is 0.01000. The van der Waals surface area contributed by atoms with Crippen molar-refractivity contribution in [3.8, 4) is 0 Å². The molecule has 1 heterocycles. The molecule has 1 saturated heterocycles. The van der Waals surface area contributed by atoms with Crippen molar-refractivity contribution in [2.45, 2.75) is 35.4 Å². The second kappa shape index (κ2) is 6.81. The first-order valence-electron chi connectivity index (χ1n) is 5.19. The third-order valence-corrected chi connectivity index (χ3v) is 5.19. The van der Waals surface area contributed by atoms with Crippen LogP contribution in [0.4, 0.5) is 0 Å². The molecule has 1 aliphatic heterocycles. The first kappa shape index (κ1) is 15.1. The predicted molar refractivity (Wildman–Crippen MR) is 67.0 cm³/mol. The Bertz CT molecular complexity index is 268. The van der Waals surface area contributed by atoms with Crippen molar-refractivity contribution in [1.82, 2.24) is 0 Å². The lowest BCUT2D eigenvalue weighted by atomic mass is 10.2. The van der Waals surface area contributed by atoms with Crippen LogP contribution in [0.15, 0.2) is 0 Å². The molecule has 0 aromatic carbocycles. The van der Waals surface area contributed by atoms with E-state index in [9.17, 15) is 20.1 Å². The summed E-state index contributed by atoms with van der Waals surface area (Å²) in [5.41, 5.74) is 4.39. The van der Waals surface area contributed by atoms with Crippen LogP contribution in [0.1, 0.15) is 6.42 Å². The van der Waals surface area contributed by atoms with Crippen molar-refractivity contribution >= 4 is 29.5 Å². The first-order chi connectivity index (χ1) is 7.93. The predicted octanol–water partition coefficient (Wildman–Crippen LogP) is -1.32. The van der Waals surface area contributed by atoms with E-state index in [-0.39, 0.29) is 5.25 Å². The number of aliphatic hydroxyl groups is 3. The Balaban J connectivity index is 2.17. The Morgan fingerprint density at radius 3 is 2.47 bits per heavy atom. The molecule has 0 amide bonds. The second-order valence-electron chi connectivity index (χ2n) is 3.85. The van der Waals surface area contributed by atoms with Crippen LogP contribution in [-0.2, 0) is 4.79 Å². The van der Waals surface area contributed by atoms with Crippen molar-refractivity contribution in [1.29, 1.82) is 0 Å². The number of hydrogen-bond donors (Lipinski definition) is 5. The fourth-order valence-corrected chi connectivity index (χ4v) is 4.02. The average Bonchev–Trinajstić information content (AvgIpc) is 2.52. The summed E-state index contributed by atoms with van der Waals surface area (Å²) in [6, 6.07) is -0.861. The highest BCUT2D eigenvalue weighted by Gasteiger charge is 2.40. The fraction of sp³-hybridized carbons (Fsp3) is 0.889. The molecular formula is C9H17NO5S2. The molecule has 8 heteroatoms.